The van der Waals surface area contributed by atoms with Gasteiger partial charge in [0, 0.05) is 35.6 Å². The van der Waals surface area contributed by atoms with E-state index in [-0.39, 0.29) is 11.5 Å². The standard InChI is InChI=1S/C27H25N7S/c28-23-18-6-2-1-5-17(18)15-27(23)10-13-34(14-11-27)26-32-24-25(33-26)31-22(16-30-24)35-21-9-12-29-20-8-4-3-7-19(20)21/h1-9,12,16,23H,10-11,13-15,28H2,(H,30,31,32,33)/t23-/m1/s1. The average Bonchev–Trinajstić information content (AvgIpc) is 3.44. The third-order valence-electron chi connectivity index (χ3n) is 7.65. The average molecular weight is 480 g/mol. The topological polar surface area (TPSA) is 96.6 Å². The molecule has 7 rings (SSSR count). The minimum Gasteiger partial charge on any atom is -0.342 e. The van der Waals surface area contributed by atoms with Crippen molar-refractivity contribution in [2.45, 2.75) is 35.2 Å². The Kier molecular flexibility index (Phi) is 4.78. The third-order valence-corrected chi connectivity index (χ3v) is 8.63. The second-order valence-corrected chi connectivity index (χ2v) is 10.6. The number of para-hydroxylation sites is 1. The number of H-pyrrole nitrogens is 1. The molecule has 1 spiro atoms. The molecular weight excluding hydrogens is 454 g/mol. The van der Waals surface area contributed by atoms with Crippen LogP contribution in [0.4, 0.5) is 5.95 Å². The Labute approximate surface area is 207 Å². The second-order valence-electron chi connectivity index (χ2n) is 9.57. The molecule has 3 aromatic heterocycles. The van der Waals surface area contributed by atoms with Crippen molar-refractivity contribution in [3.8, 4) is 0 Å². The molecule has 1 aliphatic carbocycles. The highest BCUT2D eigenvalue weighted by Gasteiger charge is 2.46. The molecule has 35 heavy (non-hydrogen) atoms. The number of imidazole rings is 1. The normalized spacial score (nSPS) is 19.0. The van der Waals surface area contributed by atoms with Crippen molar-refractivity contribution in [2.75, 3.05) is 18.0 Å². The zero-order valence-corrected chi connectivity index (χ0v) is 20.0. The fourth-order valence-electron chi connectivity index (χ4n) is 5.71. The molecule has 8 heteroatoms. The first-order valence-corrected chi connectivity index (χ1v) is 12.8. The van der Waals surface area contributed by atoms with Crippen molar-refractivity contribution < 1.29 is 0 Å². The lowest BCUT2D eigenvalue weighted by molar-refractivity contribution is 0.187. The van der Waals surface area contributed by atoms with Gasteiger partial charge in [0.05, 0.1) is 11.7 Å². The Balaban J connectivity index is 1.11. The number of rotatable bonds is 3. The molecule has 0 unspecified atom stereocenters. The zero-order chi connectivity index (χ0) is 23.4. The highest BCUT2D eigenvalue weighted by molar-refractivity contribution is 7.99. The van der Waals surface area contributed by atoms with Crippen LogP contribution in [-0.4, -0.2) is 38.0 Å². The number of aromatic amines is 1. The van der Waals surface area contributed by atoms with Crippen LogP contribution in [0.25, 0.3) is 22.2 Å². The SMILES string of the molecule is N[C@@H]1c2ccccc2CC12CCN(c1nc3ncc(Sc4ccnc5ccccc45)nc3[nH]1)CC2. The molecular formula is C27H25N7S. The van der Waals surface area contributed by atoms with Crippen molar-refractivity contribution in [3.63, 3.8) is 0 Å². The Hall–Kier alpha value is -3.49. The quantitative estimate of drug-likeness (QED) is 0.380. The van der Waals surface area contributed by atoms with Crippen LogP contribution in [0.1, 0.15) is 30.0 Å². The molecule has 2 aromatic carbocycles. The Morgan fingerprint density at radius 1 is 0.971 bits per heavy atom. The maximum Gasteiger partial charge on any atom is 0.206 e. The van der Waals surface area contributed by atoms with Gasteiger partial charge in [-0.15, -0.1) is 0 Å². The van der Waals surface area contributed by atoms with Gasteiger partial charge in [0.1, 0.15) is 5.03 Å². The number of nitrogens with one attached hydrogen (secondary N) is 1. The minimum absolute atomic E-state index is 0.115. The monoisotopic (exact) mass is 479 g/mol. The van der Waals surface area contributed by atoms with Crippen LogP contribution in [-0.2, 0) is 6.42 Å². The van der Waals surface area contributed by atoms with Crippen molar-refractivity contribution in [1.82, 2.24) is 24.9 Å². The zero-order valence-electron chi connectivity index (χ0n) is 19.2. The molecule has 4 heterocycles. The lowest BCUT2D eigenvalue weighted by Crippen LogP contribution is -2.44. The molecule has 1 saturated heterocycles. The first-order valence-electron chi connectivity index (χ1n) is 12.0. The summed E-state index contributed by atoms with van der Waals surface area (Å²) < 4.78 is 0. The molecule has 0 bridgehead atoms. The molecule has 3 N–H and O–H groups in total. The summed E-state index contributed by atoms with van der Waals surface area (Å²) in [5, 5.41) is 1.94. The van der Waals surface area contributed by atoms with Crippen molar-refractivity contribution >= 4 is 39.9 Å². The van der Waals surface area contributed by atoms with E-state index in [1.54, 1.807) is 18.0 Å². The van der Waals surface area contributed by atoms with E-state index in [1.165, 1.54) is 11.1 Å². The predicted molar refractivity (Wildman–Crippen MR) is 139 cm³/mol. The van der Waals surface area contributed by atoms with Crippen LogP contribution in [0.2, 0.25) is 0 Å². The largest absolute Gasteiger partial charge is 0.342 e. The maximum atomic E-state index is 6.75. The number of hydrogen-bond donors (Lipinski definition) is 2. The van der Waals surface area contributed by atoms with Crippen molar-refractivity contribution in [1.29, 1.82) is 0 Å². The van der Waals surface area contributed by atoms with Gasteiger partial charge in [0.2, 0.25) is 5.95 Å². The fourth-order valence-corrected chi connectivity index (χ4v) is 6.59. The number of aromatic nitrogens is 5. The van der Waals surface area contributed by atoms with Gasteiger partial charge >= 0.3 is 0 Å². The van der Waals surface area contributed by atoms with Gasteiger partial charge in [0.25, 0.3) is 0 Å². The number of nitrogens with zero attached hydrogens (tertiary/aromatic N) is 5. The minimum atomic E-state index is 0.115. The van der Waals surface area contributed by atoms with Crippen LogP contribution in [0.15, 0.2) is 76.9 Å². The molecule has 174 valence electrons. The molecule has 5 aromatic rings. The summed E-state index contributed by atoms with van der Waals surface area (Å²) >= 11 is 1.59. The number of pyridine rings is 1. The van der Waals surface area contributed by atoms with E-state index in [1.807, 2.05) is 30.5 Å². The van der Waals surface area contributed by atoms with Crippen LogP contribution in [0, 0.1) is 5.41 Å². The summed E-state index contributed by atoms with van der Waals surface area (Å²) in [6.45, 7) is 1.85. The maximum absolute atomic E-state index is 6.75. The van der Waals surface area contributed by atoms with E-state index in [0.717, 1.165) is 59.1 Å². The molecule has 7 nitrogen and oxygen atoms in total. The number of fused-ring (bicyclic) bond motifs is 3. The van der Waals surface area contributed by atoms with Crippen LogP contribution in [0.3, 0.4) is 0 Å². The van der Waals surface area contributed by atoms with Crippen LogP contribution < -0.4 is 10.6 Å². The summed E-state index contributed by atoms with van der Waals surface area (Å²) in [7, 11) is 0. The van der Waals surface area contributed by atoms with Gasteiger partial charge in [0.15, 0.2) is 11.3 Å². The van der Waals surface area contributed by atoms with E-state index in [4.69, 9.17) is 15.7 Å². The van der Waals surface area contributed by atoms with Crippen molar-refractivity contribution in [3.05, 3.63) is 78.1 Å². The predicted octanol–water partition coefficient (Wildman–Crippen LogP) is 4.90. The van der Waals surface area contributed by atoms with Crippen LogP contribution >= 0.6 is 11.8 Å². The molecule has 0 radical (unpaired) electrons. The van der Waals surface area contributed by atoms with E-state index in [2.05, 4.69) is 50.2 Å². The summed E-state index contributed by atoms with van der Waals surface area (Å²) in [6, 6.07) is 18.9. The van der Waals surface area contributed by atoms with Gasteiger partial charge < -0.3 is 15.6 Å². The number of benzene rings is 2. The summed E-state index contributed by atoms with van der Waals surface area (Å²) in [4.78, 5) is 25.5. The number of nitrogens with two attached hydrogens (primary N) is 1. The Bertz CT molecular complexity index is 1550. The smallest absolute Gasteiger partial charge is 0.206 e. The van der Waals surface area contributed by atoms with Gasteiger partial charge in [-0.25, -0.2) is 9.97 Å². The molecule has 1 aliphatic heterocycles. The Morgan fingerprint density at radius 3 is 2.69 bits per heavy atom. The van der Waals surface area contributed by atoms with E-state index >= 15 is 0 Å². The lowest BCUT2D eigenvalue weighted by Gasteiger charge is -2.42. The molecule has 1 atom stereocenters. The second kappa shape index (κ2) is 8.03. The van der Waals surface area contributed by atoms with E-state index in [0.29, 0.717) is 11.3 Å². The Morgan fingerprint density at radius 2 is 1.80 bits per heavy atom. The molecule has 0 amide bonds. The van der Waals surface area contributed by atoms with Crippen LogP contribution in [0.5, 0.6) is 0 Å². The van der Waals surface area contributed by atoms with E-state index in [9.17, 15) is 0 Å². The third kappa shape index (κ3) is 3.47. The fraction of sp³-hybridized carbons (Fsp3) is 0.259. The van der Waals surface area contributed by atoms with E-state index < -0.39 is 0 Å². The highest BCUT2D eigenvalue weighted by atomic mass is 32.2. The molecule has 0 saturated carbocycles. The molecule has 1 fully saturated rings. The first-order chi connectivity index (χ1) is 17.2. The van der Waals surface area contributed by atoms with Gasteiger partial charge in [-0.05, 0) is 47.9 Å². The lowest BCUT2D eigenvalue weighted by atomic mass is 9.73. The number of piperidine rings is 1. The highest BCUT2D eigenvalue weighted by Crippen LogP contribution is 2.50. The summed E-state index contributed by atoms with van der Waals surface area (Å²) in [6.07, 6.45) is 6.81. The van der Waals surface area contributed by atoms with Gasteiger partial charge in [-0.3, -0.25) is 4.98 Å². The van der Waals surface area contributed by atoms with Crippen molar-refractivity contribution in [2.24, 2.45) is 11.1 Å². The first kappa shape index (κ1) is 20.8. The number of anilines is 1. The number of hydrogen-bond acceptors (Lipinski definition) is 7. The summed E-state index contributed by atoms with van der Waals surface area (Å²) in [5.41, 5.74) is 12.0. The van der Waals surface area contributed by atoms with Gasteiger partial charge in [-0.2, -0.15) is 4.98 Å². The summed E-state index contributed by atoms with van der Waals surface area (Å²) in [5.74, 6) is 0.843. The van der Waals surface area contributed by atoms with Gasteiger partial charge in [-0.1, -0.05) is 54.2 Å². The molecule has 2 aliphatic rings.